The number of benzene rings is 2. The van der Waals surface area contributed by atoms with Gasteiger partial charge >= 0.3 is 5.97 Å². The van der Waals surface area contributed by atoms with E-state index in [0.717, 1.165) is 37.8 Å². The van der Waals surface area contributed by atoms with Gasteiger partial charge in [-0.05, 0) is 97.7 Å². The zero-order valence-electron chi connectivity index (χ0n) is 26.2. The third-order valence-electron chi connectivity index (χ3n) is 10.1. The van der Waals surface area contributed by atoms with Crippen LogP contribution < -0.4 is 14.8 Å². The topological polar surface area (TPSA) is 139 Å². The Morgan fingerprint density at radius 1 is 1.24 bits per heavy atom. The highest BCUT2D eigenvalue weighted by molar-refractivity contribution is 7.89. The summed E-state index contributed by atoms with van der Waals surface area (Å²) in [4.78, 5) is 14.2. The fourth-order valence-corrected chi connectivity index (χ4v) is 9.28. The van der Waals surface area contributed by atoms with Crippen molar-refractivity contribution in [2.45, 2.75) is 75.2 Å². The first-order chi connectivity index (χ1) is 21.3. The fraction of sp³-hybridized carbons (Fsp3) is 0.559. The zero-order chi connectivity index (χ0) is 32.5. The standard InChI is InChI=1S/C34H45ClN2O7S/c1-21(2)32(45(36,41)42)31(43-3)8-4-7-29(38)26-12-9-24(26)18-37-19-34(15-5-6-22-16-25(35)11-13-27(22)34)20-44-30-14-10-23(33(39)40)17-28(30)37/h4,7,10-11,13-14,16-17,21,24,26,29,31-32,38H,5-6,8-9,12,15,18-20H2,1-3H3,(H,39,40)(H2,36,41,42)/b7-4+/t24-,26+,29-,31+,32+,34-/m0/s1. The molecule has 45 heavy (non-hydrogen) atoms. The maximum absolute atomic E-state index is 12.2. The molecule has 1 fully saturated rings. The molecule has 4 N–H and O–H groups in total. The maximum atomic E-state index is 12.2. The van der Waals surface area contributed by atoms with Crippen molar-refractivity contribution in [3.8, 4) is 5.75 Å². The molecule has 3 aliphatic rings. The molecule has 1 spiro atoms. The lowest BCUT2D eigenvalue weighted by Gasteiger charge is -2.45. The van der Waals surface area contributed by atoms with E-state index >= 15 is 0 Å². The van der Waals surface area contributed by atoms with Crippen molar-refractivity contribution in [1.29, 1.82) is 0 Å². The van der Waals surface area contributed by atoms with E-state index in [9.17, 15) is 23.4 Å². The molecule has 5 rings (SSSR count). The number of hydrogen-bond acceptors (Lipinski definition) is 7. The minimum Gasteiger partial charge on any atom is -0.490 e. The Labute approximate surface area is 271 Å². The van der Waals surface area contributed by atoms with Crippen LogP contribution in [-0.2, 0) is 26.6 Å². The van der Waals surface area contributed by atoms with Gasteiger partial charge in [-0.25, -0.2) is 18.4 Å². The number of aliphatic hydroxyl groups excluding tert-OH is 1. The number of aryl methyl sites for hydroxylation is 1. The van der Waals surface area contributed by atoms with Crippen molar-refractivity contribution < 1.29 is 32.9 Å². The second-order valence-electron chi connectivity index (χ2n) is 13.3. The molecule has 0 saturated heterocycles. The summed E-state index contributed by atoms with van der Waals surface area (Å²) in [5, 5.41) is 26.4. The van der Waals surface area contributed by atoms with Crippen LogP contribution in [0.2, 0.25) is 5.02 Å². The van der Waals surface area contributed by atoms with Gasteiger partial charge in [0, 0.05) is 30.6 Å². The Bertz CT molecular complexity index is 1530. The predicted octanol–water partition coefficient (Wildman–Crippen LogP) is 5.17. The van der Waals surface area contributed by atoms with Gasteiger partial charge in [-0.1, -0.05) is 43.7 Å². The number of halogens is 1. The minimum atomic E-state index is -3.81. The van der Waals surface area contributed by atoms with Gasteiger partial charge in [-0.2, -0.15) is 0 Å². The summed E-state index contributed by atoms with van der Waals surface area (Å²) >= 11 is 6.37. The maximum Gasteiger partial charge on any atom is 0.335 e. The number of hydrogen-bond donors (Lipinski definition) is 3. The summed E-state index contributed by atoms with van der Waals surface area (Å²) in [5.74, 6) is -0.384. The number of carboxylic acids is 1. The molecule has 0 amide bonds. The van der Waals surface area contributed by atoms with Crippen LogP contribution in [0.1, 0.15) is 67.4 Å². The van der Waals surface area contributed by atoms with Crippen molar-refractivity contribution in [1.82, 2.24) is 0 Å². The molecule has 0 bridgehead atoms. The van der Waals surface area contributed by atoms with Crippen molar-refractivity contribution in [3.63, 3.8) is 0 Å². The number of nitrogens with two attached hydrogens (primary N) is 1. The first-order valence-corrected chi connectivity index (χ1v) is 17.7. The Hall–Kier alpha value is -2.63. The van der Waals surface area contributed by atoms with Gasteiger partial charge in [0.1, 0.15) is 11.0 Å². The van der Waals surface area contributed by atoms with E-state index in [1.165, 1.54) is 18.2 Å². The van der Waals surface area contributed by atoms with E-state index in [4.69, 9.17) is 26.2 Å². The third kappa shape index (κ3) is 7.20. The molecule has 1 aliphatic heterocycles. The average molecular weight is 661 g/mol. The molecule has 246 valence electrons. The molecule has 0 radical (unpaired) electrons. The Kier molecular flexibility index (Phi) is 10.2. The monoisotopic (exact) mass is 660 g/mol. The number of fused-ring (bicyclic) bond motifs is 3. The molecular weight excluding hydrogens is 616 g/mol. The lowest BCUT2D eigenvalue weighted by molar-refractivity contribution is 0.0450. The number of carbonyl (C=O) groups is 1. The second kappa shape index (κ2) is 13.6. The molecule has 2 aromatic carbocycles. The number of anilines is 1. The summed E-state index contributed by atoms with van der Waals surface area (Å²) in [5.41, 5.74) is 3.13. The third-order valence-corrected chi connectivity index (χ3v) is 11.9. The largest absolute Gasteiger partial charge is 0.490 e. The molecule has 1 saturated carbocycles. The molecule has 2 aromatic rings. The van der Waals surface area contributed by atoms with Gasteiger partial charge in [0.05, 0.1) is 30.1 Å². The van der Waals surface area contributed by atoms with Gasteiger partial charge in [-0.15, -0.1) is 0 Å². The summed E-state index contributed by atoms with van der Waals surface area (Å²) in [6.07, 6.45) is 7.19. The molecule has 2 aliphatic carbocycles. The van der Waals surface area contributed by atoms with E-state index in [-0.39, 0.29) is 28.7 Å². The second-order valence-corrected chi connectivity index (χ2v) is 15.5. The normalized spacial score (nSPS) is 25.2. The van der Waals surface area contributed by atoms with Gasteiger partial charge < -0.3 is 24.6 Å². The highest BCUT2D eigenvalue weighted by Crippen LogP contribution is 2.46. The molecule has 11 heteroatoms. The number of ether oxygens (including phenoxy) is 2. The minimum absolute atomic E-state index is 0.00468. The first kappa shape index (κ1) is 33.7. The first-order valence-electron chi connectivity index (χ1n) is 15.8. The van der Waals surface area contributed by atoms with Crippen LogP contribution in [0.15, 0.2) is 48.6 Å². The summed E-state index contributed by atoms with van der Waals surface area (Å²) in [6.45, 7) is 5.38. The molecule has 1 heterocycles. The molecule has 0 unspecified atom stereocenters. The number of aromatic carboxylic acids is 1. The van der Waals surface area contributed by atoms with Crippen molar-refractivity contribution >= 4 is 33.3 Å². The number of primary sulfonamides is 1. The molecule has 6 atom stereocenters. The van der Waals surface area contributed by atoms with E-state index in [2.05, 4.69) is 11.0 Å². The van der Waals surface area contributed by atoms with Crippen molar-refractivity contribution in [3.05, 3.63) is 70.3 Å². The van der Waals surface area contributed by atoms with Crippen molar-refractivity contribution in [2.75, 3.05) is 31.7 Å². The van der Waals surface area contributed by atoms with E-state index in [1.807, 2.05) is 12.1 Å². The van der Waals surface area contributed by atoms with Gasteiger partial charge in [-0.3, -0.25) is 0 Å². The van der Waals surface area contributed by atoms with Crippen LogP contribution in [0.25, 0.3) is 0 Å². The number of sulfonamides is 1. The lowest BCUT2D eigenvalue weighted by Crippen LogP contribution is -2.49. The van der Waals surface area contributed by atoms with Crippen molar-refractivity contribution in [2.24, 2.45) is 22.9 Å². The smallest absolute Gasteiger partial charge is 0.335 e. The average Bonchev–Trinajstić information content (AvgIpc) is 3.10. The highest BCUT2D eigenvalue weighted by Gasteiger charge is 2.44. The van der Waals surface area contributed by atoms with Crippen LogP contribution in [0.5, 0.6) is 5.75 Å². The Balaban J connectivity index is 1.37. The summed E-state index contributed by atoms with van der Waals surface area (Å²) in [6, 6.07) is 11.1. The summed E-state index contributed by atoms with van der Waals surface area (Å²) in [7, 11) is -2.34. The summed E-state index contributed by atoms with van der Waals surface area (Å²) < 4.78 is 36.4. The van der Waals surface area contributed by atoms with Crippen LogP contribution in [-0.4, -0.2) is 68.9 Å². The SMILES string of the molecule is CO[C@H](C/C=C/[C@H](O)[C@@H]1CC[C@H]1CN1C[C@@]2(CCCc3cc(Cl)ccc32)COc2ccc(C(=O)O)cc21)[C@@H](C(C)C)S(N)(=O)=O. The highest BCUT2D eigenvalue weighted by atomic mass is 35.5. The van der Waals surface area contributed by atoms with E-state index in [1.54, 1.807) is 44.2 Å². The zero-order valence-corrected chi connectivity index (χ0v) is 27.8. The van der Waals surface area contributed by atoms with Crippen LogP contribution in [0, 0.1) is 17.8 Å². The van der Waals surface area contributed by atoms with Gasteiger partial charge in [0.15, 0.2) is 0 Å². The number of nitrogens with zero attached hydrogens (tertiary/aromatic N) is 1. The van der Waals surface area contributed by atoms with Crippen LogP contribution >= 0.6 is 11.6 Å². The number of carboxylic acid groups (broad SMARTS) is 1. The Morgan fingerprint density at radius 3 is 2.67 bits per heavy atom. The lowest BCUT2D eigenvalue weighted by atomic mass is 9.68. The van der Waals surface area contributed by atoms with Crippen LogP contribution in [0.4, 0.5) is 5.69 Å². The fourth-order valence-electron chi connectivity index (χ4n) is 7.68. The molecular formula is C34H45ClN2O7S. The number of aliphatic hydroxyl groups is 1. The van der Waals surface area contributed by atoms with E-state index in [0.29, 0.717) is 36.9 Å². The Morgan fingerprint density at radius 2 is 2.02 bits per heavy atom. The number of methoxy groups -OCH3 is 1. The quantitative estimate of drug-likeness (QED) is 0.281. The van der Waals surface area contributed by atoms with Gasteiger partial charge in [0.2, 0.25) is 10.0 Å². The van der Waals surface area contributed by atoms with E-state index < -0.39 is 33.5 Å². The molecule has 9 nitrogen and oxygen atoms in total. The number of rotatable bonds is 11. The van der Waals surface area contributed by atoms with Gasteiger partial charge in [0.25, 0.3) is 0 Å². The predicted molar refractivity (Wildman–Crippen MR) is 176 cm³/mol. The van der Waals surface area contributed by atoms with Crippen LogP contribution in [0.3, 0.4) is 0 Å². The molecule has 0 aromatic heterocycles.